The monoisotopic (exact) mass is 1750 g/mol. The normalized spacial score (nSPS) is 14.6. The van der Waals surface area contributed by atoms with Crippen LogP contribution in [-0.2, 0) is 11.3 Å². The van der Waals surface area contributed by atoms with Gasteiger partial charge in [-0.05, 0) is 147 Å². The highest BCUT2D eigenvalue weighted by Gasteiger charge is 2.75. The quantitative estimate of drug-likeness (QED) is 0.0623. The molecule has 4 N–H and O–H groups in total. The van der Waals surface area contributed by atoms with Crippen molar-refractivity contribution in [2.75, 3.05) is 34.9 Å². The second kappa shape index (κ2) is 30.6. The Morgan fingerprint density at radius 3 is 1.14 bits per heavy atom. The van der Waals surface area contributed by atoms with Gasteiger partial charge in [0.2, 0.25) is 0 Å². The fraction of sp³-hybridized carbons (Fsp3) is 0.217. The lowest BCUT2D eigenvalue weighted by molar-refractivity contribution is -0.349. The minimum absolute atomic E-state index is 0.0757. The first-order valence-corrected chi connectivity index (χ1v) is 29.7. The van der Waals surface area contributed by atoms with Crippen LogP contribution in [0.15, 0.2) is 124 Å². The highest BCUT2D eigenvalue weighted by atomic mass is 79.9. The van der Waals surface area contributed by atoms with Crippen LogP contribution in [0, 0.1) is 11.6 Å². The molecule has 18 nitrogen and oxygen atoms in total. The van der Waals surface area contributed by atoms with E-state index >= 15 is 4.39 Å². The number of anilines is 4. The molecule has 3 aliphatic heterocycles. The molecule has 590 valence electrons. The molecule has 0 radical (unpaired) electrons. The molecule has 0 atom stereocenters. The van der Waals surface area contributed by atoms with E-state index in [9.17, 15) is 143 Å². The molecular weight excluding hydrogens is 1730 g/mol. The van der Waals surface area contributed by atoms with Gasteiger partial charge in [0.05, 0.1) is 39.4 Å². The second-order valence-electron chi connectivity index (χ2n) is 21.0. The molecule has 10 rings (SSSR count). The first kappa shape index (κ1) is 85.8. The molecule has 0 bridgehead atoms. The maximum atomic E-state index is 15.5. The summed E-state index contributed by atoms with van der Waals surface area (Å²) in [5, 5.41) is 13.5. The zero-order valence-corrected chi connectivity index (χ0v) is 55.8. The lowest BCUT2D eigenvalue weighted by atomic mass is 9.93. The minimum Gasteiger partial charge on any atom is -0.478 e. The Morgan fingerprint density at radius 1 is 0.459 bits per heavy atom. The van der Waals surface area contributed by atoms with Gasteiger partial charge >= 0.3 is 73.6 Å². The minimum atomic E-state index is -6.73. The number of fused-ring (bicyclic) bond motifs is 3. The van der Waals surface area contributed by atoms with Crippen LogP contribution in [0.1, 0.15) is 62.9 Å². The van der Waals surface area contributed by atoms with Crippen molar-refractivity contribution >= 4 is 95.1 Å². The number of amides is 3. The SMILES string of the molecule is CN(C(=O)c1ccc2c(c1)OC(F)(F)O2)c1cccc(C(=O)Nc2c(Br)cc(C(F)(C(F)(F)F)C(F)(F)F)cc2OC(F)(F)F)c1F.CNc1cccc(C(=O)Nc2c(Br)cc(C(F)(C(F)(F)F)C(F)(F)F)cc2OC(F)(F)F)c1F.O=C(Cl)c1ccc2c(c1)OC(F)(F)O2.O=C(O)c1ccc2c(c1)OC(F)(F)O2. The maximum Gasteiger partial charge on any atom is 0.586 e. The molecule has 3 heterocycles. The number of ether oxygens (including phenoxy) is 8. The van der Waals surface area contributed by atoms with E-state index in [0.29, 0.717) is 4.90 Å². The maximum absolute atomic E-state index is 15.5. The summed E-state index contributed by atoms with van der Waals surface area (Å²) < 4.78 is 401. The summed E-state index contributed by atoms with van der Waals surface area (Å²) in [6.07, 6.45) is -49.7. The highest BCUT2D eigenvalue weighted by molar-refractivity contribution is 9.11. The number of carbonyl (C=O) groups excluding carboxylic acids is 4. The van der Waals surface area contributed by atoms with Crippen molar-refractivity contribution in [3.63, 3.8) is 0 Å². The van der Waals surface area contributed by atoms with Crippen LogP contribution in [0.3, 0.4) is 0 Å². The van der Waals surface area contributed by atoms with E-state index < -0.39 is 192 Å². The average Bonchev–Trinajstić information content (AvgIpc) is 1.52. The van der Waals surface area contributed by atoms with E-state index in [4.69, 9.17) is 16.7 Å². The van der Waals surface area contributed by atoms with Gasteiger partial charge in [0.15, 0.2) is 57.6 Å². The fourth-order valence-electron chi connectivity index (χ4n) is 8.94. The van der Waals surface area contributed by atoms with Crippen LogP contribution in [0.4, 0.5) is 146 Å². The summed E-state index contributed by atoms with van der Waals surface area (Å²) in [6.45, 7) is 0. The van der Waals surface area contributed by atoms with Gasteiger partial charge in [-0.2, -0.15) is 52.7 Å². The van der Waals surface area contributed by atoms with Gasteiger partial charge in [0.1, 0.15) is 0 Å². The standard InChI is InChI=1S/C26H12BrF13N2O5.C18H10BrF11N2O2.C8H3ClF2O3.C8H4F2O4/c1-42(21(44)10-5-6-15-16(7-10)47-26(39,40)46-15)14-4-2-3-12(18(14)28)20(43)41-19-13(27)8-11(9-17(19)45-25(36,37)38)22(29,23(30,31)32)24(33,34)35;1-31-10-4-2-3-8(12(10)20)14(33)32-13-9(19)5-7(6-11(13)34-18(28,29)30)15(21,16(22,23)24)17(25,26)27;9-7(12)4-1-2-5-6(3-4)14-8(10,11)13-5;9-8(10)13-5-2-1-4(7(11)12)3-6(5)14-8/h2-9H,1H3,(H,41,43);2-6,31H,1H3,(H,32,33);1-3H;1-3H,(H,11,12). The molecule has 0 spiro atoms. The van der Waals surface area contributed by atoms with Crippen molar-refractivity contribution in [1.29, 1.82) is 0 Å². The number of hydrogen-bond donors (Lipinski definition) is 4. The molecule has 3 amide bonds. The van der Waals surface area contributed by atoms with Gasteiger partial charge in [-0.3, -0.25) is 19.2 Å². The van der Waals surface area contributed by atoms with Gasteiger partial charge in [-0.1, -0.05) is 12.1 Å². The van der Waals surface area contributed by atoms with Crippen LogP contribution in [-0.4, -0.2) is 104 Å². The third-order valence-corrected chi connectivity index (χ3v) is 15.2. The van der Waals surface area contributed by atoms with Gasteiger partial charge in [0.25, 0.3) is 23.0 Å². The molecule has 0 saturated carbocycles. The molecule has 49 heteroatoms. The molecule has 0 unspecified atom stereocenters. The van der Waals surface area contributed by atoms with Crippen molar-refractivity contribution in [2.24, 2.45) is 0 Å². The number of carbonyl (C=O) groups is 5. The van der Waals surface area contributed by atoms with Crippen molar-refractivity contribution in [3.8, 4) is 46.0 Å². The number of rotatable bonds is 13. The number of nitrogens with one attached hydrogen (secondary N) is 3. The topological polar surface area (TPSA) is 219 Å². The molecule has 109 heavy (non-hydrogen) atoms. The Hall–Kier alpha value is -10.4. The third-order valence-electron chi connectivity index (χ3n) is 13.7. The number of benzene rings is 7. The fourth-order valence-corrected chi connectivity index (χ4v) is 10.1. The number of alkyl halides is 26. The Bertz CT molecular complexity index is 4590. The molecule has 0 fully saturated rings. The Kier molecular flexibility index (Phi) is 24.1. The van der Waals surface area contributed by atoms with Gasteiger partial charge in [-0.25, -0.2) is 22.4 Å². The summed E-state index contributed by atoms with van der Waals surface area (Å²) in [6, 6.07) is 14.0. The van der Waals surface area contributed by atoms with Crippen molar-refractivity contribution < 1.29 is 190 Å². The van der Waals surface area contributed by atoms with Gasteiger partial charge in [0, 0.05) is 45.3 Å². The van der Waals surface area contributed by atoms with Gasteiger partial charge in [-0.15, -0.1) is 52.7 Å². The number of aromatic carboxylic acids is 1. The van der Waals surface area contributed by atoms with Crippen LogP contribution >= 0.6 is 43.5 Å². The smallest absolute Gasteiger partial charge is 0.478 e. The molecule has 7 aromatic rings. The highest BCUT2D eigenvalue weighted by Crippen LogP contribution is 2.58. The molecule has 7 aromatic carbocycles. The van der Waals surface area contributed by atoms with E-state index in [2.05, 4.69) is 75.1 Å². The Labute approximate surface area is 606 Å². The van der Waals surface area contributed by atoms with E-state index in [0.717, 1.165) is 73.8 Å². The number of hydrogen-bond acceptors (Lipinski definition) is 14. The Morgan fingerprint density at radius 2 is 0.789 bits per heavy atom. The van der Waals surface area contributed by atoms with E-state index in [-0.39, 0.29) is 57.5 Å². The van der Waals surface area contributed by atoms with Crippen molar-refractivity contribution in [2.45, 2.75) is 67.7 Å². The summed E-state index contributed by atoms with van der Waals surface area (Å²) in [5.41, 5.74) is -22.6. The Balaban J connectivity index is 0.000000228. The summed E-state index contributed by atoms with van der Waals surface area (Å²) >= 11 is 9.95. The zero-order chi connectivity index (χ0) is 82.5. The third kappa shape index (κ3) is 19.4. The first-order valence-electron chi connectivity index (χ1n) is 27.8. The second-order valence-corrected chi connectivity index (χ2v) is 23.0. The van der Waals surface area contributed by atoms with Gasteiger partial charge < -0.3 is 63.9 Å². The predicted molar refractivity (Wildman–Crippen MR) is 318 cm³/mol. The van der Waals surface area contributed by atoms with Crippen LogP contribution in [0.5, 0.6) is 46.0 Å². The number of halogens is 31. The molecular formula is C60H29Br2ClF28N4O14. The summed E-state index contributed by atoms with van der Waals surface area (Å²) in [7, 11) is 2.24. The van der Waals surface area contributed by atoms with Crippen molar-refractivity contribution in [3.05, 3.63) is 175 Å². The molecule has 0 saturated heterocycles. The van der Waals surface area contributed by atoms with E-state index in [1.54, 1.807) is 10.6 Å². The number of carboxylic acids is 1. The lowest BCUT2D eigenvalue weighted by Crippen LogP contribution is -2.50. The summed E-state index contributed by atoms with van der Waals surface area (Å²) in [5.74, 6) is -13.6. The molecule has 0 aromatic heterocycles. The summed E-state index contributed by atoms with van der Waals surface area (Å²) in [4.78, 5) is 60.1. The predicted octanol–water partition coefficient (Wildman–Crippen LogP) is 19.8. The average molecular weight is 1760 g/mol. The van der Waals surface area contributed by atoms with Crippen LogP contribution in [0.2, 0.25) is 0 Å². The zero-order valence-electron chi connectivity index (χ0n) is 51.9. The number of carboxylic acid groups (broad SMARTS) is 1. The number of nitrogens with zero attached hydrogens (tertiary/aromatic N) is 1. The first-order chi connectivity index (χ1) is 49.6. The molecule has 3 aliphatic rings. The lowest BCUT2D eigenvalue weighted by Gasteiger charge is -2.31. The van der Waals surface area contributed by atoms with Crippen LogP contribution < -0.4 is 58.7 Å². The van der Waals surface area contributed by atoms with Crippen LogP contribution in [0.25, 0.3) is 0 Å². The largest absolute Gasteiger partial charge is 0.586 e. The molecule has 0 aliphatic carbocycles. The van der Waals surface area contributed by atoms with E-state index in [1.165, 1.54) is 31.3 Å². The van der Waals surface area contributed by atoms with E-state index in [1.807, 2.05) is 0 Å². The van der Waals surface area contributed by atoms with Crippen molar-refractivity contribution in [1.82, 2.24) is 0 Å².